The van der Waals surface area contributed by atoms with Crippen molar-refractivity contribution in [3.8, 4) is 11.5 Å². The lowest BCUT2D eigenvalue weighted by molar-refractivity contribution is -0.144. The van der Waals surface area contributed by atoms with Crippen LogP contribution in [0.4, 0.5) is 4.39 Å². The van der Waals surface area contributed by atoms with Crippen LogP contribution >= 0.6 is 0 Å². The summed E-state index contributed by atoms with van der Waals surface area (Å²) in [5.41, 5.74) is 0.948. The molecule has 1 heterocycles. The number of rotatable bonds is 8. The molecular weight excluding hydrogens is 319 g/mol. The van der Waals surface area contributed by atoms with Crippen LogP contribution in [-0.2, 0) is 20.7 Å². The fraction of sp³-hybridized carbons (Fsp3) is 0.312. The number of hydrogen-bond acceptors (Lipinski definition) is 5. The second kappa shape index (κ2) is 8.21. The second-order valence-corrected chi connectivity index (χ2v) is 5.03. The van der Waals surface area contributed by atoms with E-state index < -0.39 is 18.4 Å². The van der Waals surface area contributed by atoms with E-state index >= 15 is 0 Å². The standard InChI is InChI=1S/C16H17FN2O5/c1-23-7-6-19(9-15(21)22)14(20)8-13-10-24-16(18-13)11-2-4-12(17)5-3-11/h2-5,10H,6-9H2,1H3,(H,21,22). The average Bonchev–Trinajstić information content (AvgIpc) is 3.00. The number of nitrogens with zero attached hydrogens (tertiary/aromatic N) is 2. The van der Waals surface area contributed by atoms with Crippen molar-refractivity contribution in [1.29, 1.82) is 0 Å². The Balaban J connectivity index is 2.05. The number of ether oxygens (including phenoxy) is 1. The number of amides is 1. The third-order valence-corrected chi connectivity index (χ3v) is 3.22. The maximum absolute atomic E-state index is 12.9. The number of carbonyl (C=O) groups excluding carboxylic acids is 1. The number of carboxylic acid groups (broad SMARTS) is 1. The van der Waals surface area contributed by atoms with Crippen molar-refractivity contribution in [1.82, 2.24) is 9.88 Å². The summed E-state index contributed by atoms with van der Waals surface area (Å²) in [4.78, 5) is 28.4. The van der Waals surface area contributed by atoms with Gasteiger partial charge in [0.05, 0.1) is 18.7 Å². The van der Waals surface area contributed by atoms with Gasteiger partial charge in [0.15, 0.2) is 0 Å². The maximum atomic E-state index is 12.9. The molecule has 0 fully saturated rings. The van der Waals surface area contributed by atoms with Crippen LogP contribution in [0.15, 0.2) is 34.9 Å². The first-order valence-corrected chi connectivity index (χ1v) is 7.18. The van der Waals surface area contributed by atoms with Crippen molar-refractivity contribution in [2.24, 2.45) is 0 Å². The molecule has 1 N–H and O–H groups in total. The number of oxazole rings is 1. The lowest BCUT2D eigenvalue weighted by Gasteiger charge is -2.19. The van der Waals surface area contributed by atoms with E-state index in [1.54, 1.807) is 0 Å². The lowest BCUT2D eigenvalue weighted by atomic mass is 10.2. The molecule has 0 aliphatic carbocycles. The molecule has 0 aliphatic rings. The van der Waals surface area contributed by atoms with Crippen LogP contribution < -0.4 is 0 Å². The van der Waals surface area contributed by atoms with E-state index in [9.17, 15) is 14.0 Å². The van der Waals surface area contributed by atoms with Crippen LogP contribution in [0.2, 0.25) is 0 Å². The number of aliphatic carboxylic acids is 1. The summed E-state index contributed by atoms with van der Waals surface area (Å²) in [7, 11) is 1.47. The van der Waals surface area contributed by atoms with Crippen LogP contribution in [0.3, 0.4) is 0 Å². The Hall–Kier alpha value is -2.74. The van der Waals surface area contributed by atoms with Gasteiger partial charge in [0.1, 0.15) is 18.6 Å². The minimum Gasteiger partial charge on any atom is -0.480 e. The summed E-state index contributed by atoms with van der Waals surface area (Å²) >= 11 is 0. The van der Waals surface area contributed by atoms with E-state index in [0.29, 0.717) is 11.3 Å². The number of aromatic nitrogens is 1. The van der Waals surface area contributed by atoms with Crippen molar-refractivity contribution in [3.63, 3.8) is 0 Å². The minimum atomic E-state index is -1.10. The number of carboxylic acids is 1. The van der Waals surface area contributed by atoms with Gasteiger partial charge < -0.3 is 19.2 Å². The molecule has 0 bridgehead atoms. The molecule has 0 radical (unpaired) electrons. The SMILES string of the molecule is COCCN(CC(=O)O)C(=O)Cc1coc(-c2ccc(F)cc2)n1. The first kappa shape index (κ1) is 17.6. The van der Waals surface area contributed by atoms with Crippen molar-refractivity contribution < 1.29 is 28.2 Å². The Morgan fingerprint density at radius 3 is 2.67 bits per heavy atom. The van der Waals surface area contributed by atoms with Crippen LogP contribution in [0, 0.1) is 5.82 Å². The molecule has 1 aromatic carbocycles. The zero-order chi connectivity index (χ0) is 17.5. The molecule has 0 saturated heterocycles. The molecule has 7 nitrogen and oxygen atoms in total. The van der Waals surface area contributed by atoms with Gasteiger partial charge in [-0.1, -0.05) is 0 Å². The van der Waals surface area contributed by atoms with E-state index in [-0.39, 0.29) is 31.3 Å². The van der Waals surface area contributed by atoms with E-state index in [2.05, 4.69) is 4.98 Å². The van der Waals surface area contributed by atoms with Crippen molar-refractivity contribution >= 4 is 11.9 Å². The summed E-state index contributed by atoms with van der Waals surface area (Å²) in [6.45, 7) is -0.00612. The van der Waals surface area contributed by atoms with Gasteiger partial charge in [-0.25, -0.2) is 9.37 Å². The van der Waals surface area contributed by atoms with Crippen LogP contribution in [0.1, 0.15) is 5.69 Å². The lowest BCUT2D eigenvalue weighted by Crippen LogP contribution is -2.38. The predicted molar refractivity (Wildman–Crippen MR) is 81.7 cm³/mol. The van der Waals surface area contributed by atoms with E-state index in [0.717, 1.165) is 0 Å². The van der Waals surface area contributed by atoms with Gasteiger partial charge >= 0.3 is 5.97 Å². The van der Waals surface area contributed by atoms with E-state index in [1.807, 2.05) is 0 Å². The molecule has 1 aromatic heterocycles. The minimum absolute atomic E-state index is 0.0955. The van der Waals surface area contributed by atoms with Gasteiger partial charge in [-0.15, -0.1) is 0 Å². The van der Waals surface area contributed by atoms with E-state index in [1.165, 1.54) is 42.5 Å². The van der Waals surface area contributed by atoms with Gasteiger partial charge in [0, 0.05) is 19.2 Å². The largest absolute Gasteiger partial charge is 0.480 e. The number of hydrogen-bond donors (Lipinski definition) is 1. The topological polar surface area (TPSA) is 92.9 Å². The molecule has 0 aliphatic heterocycles. The third-order valence-electron chi connectivity index (χ3n) is 3.22. The van der Waals surface area contributed by atoms with Crippen LogP contribution in [0.5, 0.6) is 0 Å². The zero-order valence-corrected chi connectivity index (χ0v) is 13.1. The Bertz CT molecular complexity index is 699. The predicted octanol–water partition coefficient (Wildman–Crippen LogP) is 1.58. The number of methoxy groups -OCH3 is 1. The molecule has 0 saturated carbocycles. The molecule has 0 atom stereocenters. The molecule has 2 aromatic rings. The fourth-order valence-electron chi connectivity index (χ4n) is 2.04. The molecule has 2 rings (SSSR count). The number of halogens is 1. The highest BCUT2D eigenvalue weighted by molar-refractivity contribution is 5.82. The van der Waals surface area contributed by atoms with Crippen molar-refractivity contribution in [3.05, 3.63) is 42.0 Å². The summed E-state index contributed by atoms with van der Waals surface area (Å²) in [6.07, 6.45) is 1.23. The summed E-state index contributed by atoms with van der Waals surface area (Å²) in [6, 6.07) is 5.59. The highest BCUT2D eigenvalue weighted by Gasteiger charge is 2.19. The zero-order valence-electron chi connectivity index (χ0n) is 13.1. The van der Waals surface area contributed by atoms with Gasteiger partial charge in [0.2, 0.25) is 11.8 Å². The van der Waals surface area contributed by atoms with Gasteiger partial charge in [-0.3, -0.25) is 9.59 Å². The summed E-state index contributed by atoms with van der Waals surface area (Å²) in [5, 5.41) is 8.87. The Morgan fingerprint density at radius 2 is 2.04 bits per heavy atom. The summed E-state index contributed by atoms with van der Waals surface area (Å²) in [5.74, 6) is -1.61. The molecular formula is C16H17FN2O5. The Labute approximate surface area is 137 Å². The summed E-state index contributed by atoms with van der Waals surface area (Å²) < 4.78 is 23.1. The number of benzene rings is 1. The van der Waals surface area contributed by atoms with Crippen LogP contribution in [-0.4, -0.2) is 53.7 Å². The monoisotopic (exact) mass is 336 g/mol. The first-order chi connectivity index (χ1) is 11.5. The number of carbonyl (C=O) groups is 2. The molecule has 0 unspecified atom stereocenters. The highest BCUT2D eigenvalue weighted by atomic mass is 19.1. The first-order valence-electron chi connectivity index (χ1n) is 7.18. The molecule has 1 amide bonds. The van der Waals surface area contributed by atoms with Gasteiger partial charge in [0.25, 0.3) is 0 Å². The van der Waals surface area contributed by atoms with Gasteiger partial charge in [-0.2, -0.15) is 0 Å². The van der Waals surface area contributed by atoms with E-state index in [4.69, 9.17) is 14.3 Å². The average molecular weight is 336 g/mol. The Kier molecular flexibility index (Phi) is 6.02. The van der Waals surface area contributed by atoms with Crippen LogP contribution in [0.25, 0.3) is 11.5 Å². The quantitative estimate of drug-likeness (QED) is 0.787. The second-order valence-electron chi connectivity index (χ2n) is 5.03. The molecule has 8 heteroatoms. The van der Waals surface area contributed by atoms with Crippen molar-refractivity contribution in [2.45, 2.75) is 6.42 Å². The Morgan fingerprint density at radius 1 is 1.33 bits per heavy atom. The normalized spacial score (nSPS) is 10.6. The molecule has 24 heavy (non-hydrogen) atoms. The van der Waals surface area contributed by atoms with Gasteiger partial charge in [-0.05, 0) is 24.3 Å². The smallest absolute Gasteiger partial charge is 0.323 e. The fourth-order valence-corrected chi connectivity index (χ4v) is 2.04. The van der Waals surface area contributed by atoms with Crippen molar-refractivity contribution in [2.75, 3.05) is 26.8 Å². The molecule has 0 spiro atoms. The molecule has 128 valence electrons. The third kappa shape index (κ3) is 4.88. The highest BCUT2D eigenvalue weighted by Crippen LogP contribution is 2.19. The maximum Gasteiger partial charge on any atom is 0.323 e.